The van der Waals surface area contributed by atoms with E-state index in [9.17, 15) is 35.2 Å². The van der Waals surface area contributed by atoms with Crippen LogP contribution in [0.3, 0.4) is 0 Å². The van der Waals surface area contributed by atoms with E-state index in [0.29, 0.717) is 0 Å². The van der Waals surface area contributed by atoms with Crippen LogP contribution in [-0.4, -0.2) is 142 Å². The molecule has 17 nitrogen and oxygen atoms in total. The second-order valence-corrected chi connectivity index (χ2v) is 9.39. The SMILES string of the molecule is NC[C@H]1O[C@H](O[C@H]2[C@H](O[C@@H]3O[C@H](CO)[C@@H](N=O)[C@H]3O)[C@@H](O)[C@H](NC(=O)CCO)C[C@@H]2N)[C@H](N)[C@@H](O)[C@@H]1O. The minimum Gasteiger partial charge on any atom is -0.396 e. The molecule has 0 aromatic rings. The molecule has 2 heterocycles. The standard InChI is InChI=1S/C20H37N5O12/c21-4-8-14(30)15(31)11(23)19(34-8)36-17-6(22)3-7(24-10(28)1-2-26)13(29)18(17)37-20-16(32)12(25-33)9(5-27)35-20/h6-9,11-20,26-27,29-32H,1-5,21-23H2,(H,24,28)/t6-,7+,8+,9+,11+,12+,13-,14+,15+,16+,17+,18+,19+,20-/m0/s1. The molecule has 3 aliphatic rings. The van der Waals surface area contributed by atoms with Crippen LogP contribution in [0.1, 0.15) is 12.8 Å². The van der Waals surface area contributed by atoms with Gasteiger partial charge in [-0.1, -0.05) is 5.18 Å². The first-order chi connectivity index (χ1) is 17.6. The van der Waals surface area contributed by atoms with E-state index < -0.39 is 105 Å². The lowest BCUT2D eigenvalue weighted by molar-refractivity contribution is -0.307. The van der Waals surface area contributed by atoms with E-state index >= 15 is 0 Å². The Bertz CT molecular complexity index is 767. The molecule has 0 aromatic carbocycles. The van der Waals surface area contributed by atoms with Crippen LogP contribution in [0.5, 0.6) is 0 Å². The van der Waals surface area contributed by atoms with Crippen molar-refractivity contribution in [2.45, 2.75) is 98.4 Å². The summed E-state index contributed by atoms with van der Waals surface area (Å²) in [6.07, 6.45) is -14.0. The quantitative estimate of drug-likeness (QED) is 0.115. The van der Waals surface area contributed by atoms with Gasteiger partial charge in [0.15, 0.2) is 18.6 Å². The number of amides is 1. The summed E-state index contributed by atoms with van der Waals surface area (Å²) in [6.45, 7) is -1.25. The molecule has 0 aromatic heterocycles. The third-order valence-corrected chi connectivity index (χ3v) is 6.89. The van der Waals surface area contributed by atoms with Crippen molar-refractivity contribution in [1.29, 1.82) is 0 Å². The van der Waals surface area contributed by atoms with Crippen LogP contribution in [0.4, 0.5) is 0 Å². The lowest BCUT2D eigenvalue weighted by Gasteiger charge is -2.47. The van der Waals surface area contributed by atoms with E-state index in [1.54, 1.807) is 0 Å². The first-order valence-electron chi connectivity index (χ1n) is 12.0. The van der Waals surface area contributed by atoms with Gasteiger partial charge in [-0.15, -0.1) is 0 Å². The van der Waals surface area contributed by atoms with Crippen molar-refractivity contribution in [2.75, 3.05) is 19.8 Å². The highest BCUT2D eigenvalue weighted by atomic mass is 16.7. The van der Waals surface area contributed by atoms with Gasteiger partial charge in [-0.3, -0.25) is 4.79 Å². The molecule has 13 N–H and O–H groups in total. The number of nitrogens with one attached hydrogen (secondary N) is 1. The van der Waals surface area contributed by atoms with Crippen LogP contribution in [0, 0.1) is 4.91 Å². The van der Waals surface area contributed by atoms with E-state index in [-0.39, 0.29) is 19.4 Å². The van der Waals surface area contributed by atoms with Crippen LogP contribution in [-0.2, 0) is 23.7 Å². The van der Waals surface area contributed by atoms with E-state index in [0.717, 1.165) is 0 Å². The normalized spacial score (nSPS) is 46.5. The van der Waals surface area contributed by atoms with Gasteiger partial charge in [0.1, 0.15) is 48.8 Å². The maximum Gasteiger partial charge on any atom is 0.222 e. The Hall–Kier alpha value is -1.45. The van der Waals surface area contributed by atoms with Gasteiger partial charge in [0.05, 0.1) is 25.3 Å². The van der Waals surface area contributed by atoms with Gasteiger partial charge in [-0.05, 0) is 6.42 Å². The van der Waals surface area contributed by atoms with Gasteiger partial charge in [0, 0.05) is 19.0 Å². The Labute approximate surface area is 211 Å². The van der Waals surface area contributed by atoms with Crippen LogP contribution in [0.2, 0.25) is 0 Å². The zero-order valence-corrected chi connectivity index (χ0v) is 19.9. The second-order valence-electron chi connectivity index (χ2n) is 9.39. The number of nitrogens with two attached hydrogens (primary N) is 3. The summed E-state index contributed by atoms with van der Waals surface area (Å²) >= 11 is 0. The molecular formula is C20H37N5O12. The Kier molecular flexibility index (Phi) is 10.6. The predicted molar refractivity (Wildman–Crippen MR) is 121 cm³/mol. The summed E-state index contributed by atoms with van der Waals surface area (Å²) in [4.78, 5) is 23.2. The van der Waals surface area contributed by atoms with Crippen molar-refractivity contribution in [3.05, 3.63) is 4.91 Å². The molecule has 214 valence electrons. The Balaban J connectivity index is 1.85. The van der Waals surface area contributed by atoms with E-state index in [2.05, 4.69) is 10.5 Å². The monoisotopic (exact) mass is 539 g/mol. The maximum atomic E-state index is 12.1. The number of aliphatic hydroxyl groups excluding tert-OH is 6. The number of hydrogen-bond acceptors (Lipinski definition) is 16. The van der Waals surface area contributed by atoms with Crippen LogP contribution in [0.25, 0.3) is 0 Å². The molecule has 2 aliphatic heterocycles. The lowest BCUT2D eigenvalue weighted by Crippen LogP contribution is -2.68. The predicted octanol–water partition coefficient (Wildman–Crippen LogP) is -6.34. The van der Waals surface area contributed by atoms with Crippen LogP contribution in [0.15, 0.2) is 5.18 Å². The summed E-state index contributed by atoms with van der Waals surface area (Å²) in [7, 11) is 0. The molecule has 1 aliphatic carbocycles. The van der Waals surface area contributed by atoms with E-state index in [4.69, 9.17) is 41.3 Å². The lowest BCUT2D eigenvalue weighted by atomic mass is 9.83. The smallest absolute Gasteiger partial charge is 0.222 e. The number of ether oxygens (including phenoxy) is 4. The van der Waals surface area contributed by atoms with Crippen molar-refractivity contribution < 1.29 is 54.4 Å². The number of carbonyl (C=O) groups is 1. The summed E-state index contributed by atoms with van der Waals surface area (Å²) in [5.74, 6) is -0.569. The number of hydrogen-bond donors (Lipinski definition) is 10. The topological polar surface area (TPSA) is 295 Å². The average Bonchev–Trinajstić information content (AvgIpc) is 3.18. The summed E-state index contributed by atoms with van der Waals surface area (Å²) in [5, 5.41) is 65.8. The molecule has 0 unspecified atom stereocenters. The fourth-order valence-corrected chi connectivity index (χ4v) is 4.78. The first-order valence-corrected chi connectivity index (χ1v) is 12.0. The van der Waals surface area contributed by atoms with Gasteiger partial charge >= 0.3 is 0 Å². The van der Waals surface area contributed by atoms with Crippen LogP contribution >= 0.6 is 0 Å². The molecule has 0 bridgehead atoms. The molecule has 17 heteroatoms. The molecule has 1 amide bonds. The average molecular weight is 540 g/mol. The van der Waals surface area contributed by atoms with Crippen molar-refractivity contribution in [1.82, 2.24) is 5.32 Å². The summed E-state index contributed by atoms with van der Waals surface area (Å²) < 4.78 is 22.7. The largest absolute Gasteiger partial charge is 0.396 e. The number of rotatable bonds is 10. The molecule has 2 saturated heterocycles. The Morgan fingerprint density at radius 1 is 0.946 bits per heavy atom. The van der Waals surface area contributed by atoms with Gasteiger partial charge in [-0.25, -0.2) is 0 Å². The highest BCUT2D eigenvalue weighted by Gasteiger charge is 2.53. The molecule has 3 rings (SSSR count). The third kappa shape index (κ3) is 6.41. The second kappa shape index (κ2) is 13.1. The fourth-order valence-electron chi connectivity index (χ4n) is 4.78. The maximum absolute atomic E-state index is 12.1. The summed E-state index contributed by atoms with van der Waals surface area (Å²) in [5.41, 5.74) is 17.9. The Morgan fingerprint density at radius 2 is 1.59 bits per heavy atom. The summed E-state index contributed by atoms with van der Waals surface area (Å²) in [6, 6.07) is -4.53. The number of nitroso groups, excluding NO2 is 1. The van der Waals surface area contributed by atoms with E-state index in [1.165, 1.54) is 0 Å². The van der Waals surface area contributed by atoms with E-state index in [1.807, 2.05) is 0 Å². The molecule has 0 radical (unpaired) electrons. The number of carbonyl (C=O) groups excluding carboxylic acids is 1. The zero-order chi connectivity index (χ0) is 27.4. The molecular weight excluding hydrogens is 502 g/mol. The van der Waals surface area contributed by atoms with Gasteiger partial charge < -0.3 is 72.1 Å². The van der Waals surface area contributed by atoms with Crippen molar-refractivity contribution in [3.63, 3.8) is 0 Å². The highest BCUT2D eigenvalue weighted by molar-refractivity contribution is 5.76. The van der Waals surface area contributed by atoms with Gasteiger partial charge in [-0.2, -0.15) is 4.91 Å². The van der Waals surface area contributed by atoms with Gasteiger partial charge in [0.2, 0.25) is 5.91 Å². The molecule has 37 heavy (non-hydrogen) atoms. The molecule has 3 fully saturated rings. The van der Waals surface area contributed by atoms with Gasteiger partial charge in [0.25, 0.3) is 0 Å². The van der Waals surface area contributed by atoms with Crippen molar-refractivity contribution >= 4 is 5.91 Å². The highest BCUT2D eigenvalue weighted by Crippen LogP contribution is 2.33. The minimum absolute atomic E-state index is 0.0256. The van der Waals surface area contributed by atoms with Crippen molar-refractivity contribution in [2.24, 2.45) is 22.4 Å². The Morgan fingerprint density at radius 3 is 2.16 bits per heavy atom. The third-order valence-electron chi connectivity index (χ3n) is 6.89. The molecule has 1 saturated carbocycles. The zero-order valence-electron chi connectivity index (χ0n) is 19.9. The number of nitrogens with zero attached hydrogens (tertiary/aromatic N) is 1. The minimum atomic E-state index is -1.62. The van der Waals surface area contributed by atoms with Crippen LogP contribution < -0.4 is 22.5 Å². The van der Waals surface area contributed by atoms with Crippen molar-refractivity contribution in [3.8, 4) is 0 Å². The molecule has 14 atom stereocenters. The first kappa shape index (κ1) is 30.1. The molecule has 0 spiro atoms. The number of aliphatic hydroxyl groups is 6. The fraction of sp³-hybridized carbons (Fsp3) is 0.950.